The Morgan fingerprint density at radius 2 is 0.984 bits per heavy atom. The number of ether oxygens (including phenoxy) is 4. The van der Waals surface area contributed by atoms with Crippen molar-refractivity contribution in [3.05, 3.63) is 97.2 Å². The molecule has 13 heteroatoms. The first-order valence-corrected chi connectivity index (χ1v) is 24.4. The van der Waals surface area contributed by atoms with Crippen molar-refractivity contribution in [3.63, 3.8) is 0 Å². The Bertz CT molecular complexity index is 1510. The lowest BCUT2D eigenvalue weighted by molar-refractivity contribution is -0.297. The summed E-state index contributed by atoms with van der Waals surface area (Å²) >= 11 is 0. The Labute approximate surface area is 373 Å². The van der Waals surface area contributed by atoms with Gasteiger partial charge in [-0.05, 0) is 89.9 Å². The lowest BCUT2D eigenvalue weighted by Gasteiger charge is -2.40. The molecule has 0 aromatic rings. The van der Waals surface area contributed by atoms with E-state index in [0.29, 0.717) is 12.8 Å². The Hall–Kier alpha value is -3.43. The van der Waals surface area contributed by atoms with Gasteiger partial charge in [0.25, 0.3) is 10.1 Å². The highest BCUT2D eigenvalue weighted by atomic mass is 32.2. The largest absolute Gasteiger partial charge is 0.462 e. The molecule has 0 aromatic carbocycles. The van der Waals surface area contributed by atoms with E-state index < -0.39 is 71.2 Å². The molecule has 1 fully saturated rings. The van der Waals surface area contributed by atoms with Crippen LogP contribution >= 0.6 is 0 Å². The van der Waals surface area contributed by atoms with Gasteiger partial charge in [-0.25, -0.2) is 0 Å². The van der Waals surface area contributed by atoms with E-state index >= 15 is 0 Å². The van der Waals surface area contributed by atoms with Crippen molar-refractivity contribution in [1.29, 1.82) is 0 Å². The van der Waals surface area contributed by atoms with Gasteiger partial charge in [-0.15, -0.1) is 0 Å². The average molecular weight is 891 g/mol. The summed E-state index contributed by atoms with van der Waals surface area (Å²) in [7, 11) is -4.62. The van der Waals surface area contributed by atoms with Crippen molar-refractivity contribution in [3.8, 4) is 0 Å². The van der Waals surface area contributed by atoms with Crippen LogP contribution in [0.15, 0.2) is 97.2 Å². The molecule has 0 radical (unpaired) electrons. The molecule has 0 saturated carbocycles. The third kappa shape index (κ3) is 32.3. The number of rotatable bonds is 36. The predicted octanol–water partition coefficient (Wildman–Crippen LogP) is 9.44. The van der Waals surface area contributed by atoms with Gasteiger partial charge in [0.15, 0.2) is 12.4 Å². The molecule has 1 aliphatic rings. The summed E-state index contributed by atoms with van der Waals surface area (Å²) in [5, 5.41) is 30.9. The number of carbonyl (C=O) groups excluding carboxylic acids is 2. The van der Waals surface area contributed by atoms with Crippen LogP contribution in [-0.2, 0) is 38.7 Å². The second kappa shape index (κ2) is 38.1. The zero-order valence-corrected chi connectivity index (χ0v) is 38.2. The van der Waals surface area contributed by atoms with Crippen molar-refractivity contribution in [1.82, 2.24) is 0 Å². The van der Waals surface area contributed by atoms with Crippen LogP contribution in [0.5, 0.6) is 0 Å². The topological polar surface area (TPSA) is 186 Å². The fourth-order valence-electron chi connectivity index (χ4n) is 6.08. The number of carbonyl (C=O) groups is 2. The Kier molecular flexibility index (Phi) is 34.7. The maximum absolute atomic E-state index is 12.8. The highest BCUT2D eigenvalue weighted by Gasteiger charge is 2.46. The van der Waals surface area contributed by atoms with Crippen molar-refractivity contribution in [2.75, 3.05) is 19.0 Å². The maximum atomic E-state index is 12.8. The van der Waals surface area contributed by atoms with Crippen LogP contribution in [0.3, 0.4) is 0 Å². The van der Waals surface area contributed by atoms with Crippen molar-refractivity contribution < 1.29 is 56.8 Å². The third-order valence-corrected chi connectivity index (χ3v) is 10.4. The molecular weight excluding hydrogens is 813 g/mol. The lowest BCUT2D eigenvalue weighted by Crippen LogP contribution is -2.60. The van der Waals surface area contributed by atoms with Gasteiger partial charge in [0.1, 0.15) is 36.8 Å². The average Bonchev–Trinajstić information content (AvgIpc) is 3.24. The van der Waals surface area contributed by atoms with Gasteiger partial charge >= 0.3 is 11.9 Å². The quantitative estimate of drug-likeness (QED) is 0.0202. The van der Waals surface area contributed by atoms with Crippen LogP contribution in [0.25, 0.3) is 0 Å². The SMILES string of the molecule is CCCCC/C=C/C/C=C/C/C=C/C/C=C/C/C=C/CCC(=O)OC[C@H](CO[C@H]1O[C@H](CS(=O)(=O)O)[C@@H](O)C(O)C1O)OC(=O)CCCC/C=C/C/C=C/C/C=C/CCCCC. The van der Waals surface area contributed by atoms with Crippen LogP contribution in [0.4, 0.5) is 0 Å². The summed E-state index contributed by atoms with van der Waals surface area (Å²) in [6, 6.07) is 0. The van der Waals surface area contributed by atoms with E-state index in [1.54, 1.807) is 0 Å². The molecule has 1 saturated heterocycles. The van der Waals surface area contributed by atoms with Crippen molar-refractivity contribution in [2.45, 2.75) is 179 Å². The second-order valence-corrected chi connectivity index (χ2v) is 16.9. The number of allylic oxidation sites excluding steroid dienone is 16. The Balaban J connectivity index is 2.54. The van der Waals surface area contributed by atoms with E-state index in [1.165, 1.54) is 38.5 Å². The van der Waals surface area contributed by atoms with Crippen LogP contribution in [0, 0.1) is 0 Å². The zero-order valence-electron chi connectivity index (χ0n) is 37.4. The summed E-state index contributed by atoms with van der Waals surface area (Å²) < 4.78 is 53.9. The molecule has 1 heterocycles. The number of hydrogen-bond donors (Lipinski definition) is 4. The second-order valence-electron chi connectivity index (χ2n) is 15.4. The molecule has 0 amide bonds. The molecule has 352 valence electrons. The van der Waals surface area contributed by atoms with Gasteiger partial charge < -0.3 is 34.3 Å². The predicted molar refractivity (Wildman–Crippen MR) is 247 cm³/mol. The van der Waals surface area contributed by atoms with E-state index in [-0.39, 0.29) is 19.4 Å². The summed E-state index contributed by atoms with van der Waals surface area (Å²) in [6.45, 7) is 3.59. The summed E-state index contributed by atoms with van der Waals surface area (Å²) in [4.78, 5) is 25.4. The molecular formula is C49H78O12S. The Morgan fingerprint density at radius 1 is 0.548 bits per heavy atom. The highest BCUT2D eigenvalue weighted by Crippen LogP contribution is 2.24. The van der Waals surface area contributed by atoms with Gasteiger partial charge in [0.2, 0.25) is 0 Å². The smallest absolute Gasteiger partial charge is 0.306 e. The number of hydrogen-bond acceptors (Lipinski definition) is 11. The first kappa shape index (κ1) is 56.6. The number of esters is 2. The van der Waals surface area contributed by atoms with Crippen LogP contribution in [-0.4, -0.2) is 96.0 Å². The fraction of sp³-hybridized carbons (Fsp3) is 0.633. The minimum Gasteiger partial charge on any atom is -0.462 e. The number of unbranched alkanes of at least 4 members (excludes halogenated alkanes) is 8. The molecule has 1 rings (SSSR count). The van der Waals surface area contributed by atoms with Gasteiger partial charge in [-0.2, -0.15) is 8.42 Å². The van der Waals surface area contributed by atoms with Gasteiger partial charge in [0, 0.05) is 12.8 Å². The van der Waals surface area contributed by atoms with E-state index in [4.69, 9.17) is 18.9 Å². The molecule has 0 spiro atoms. The monoisotopic (exact) mass is 891 g/mol. The third-order valence-electron chi connectivity index (χ3n) is 9.65. The van der Waals surface area contributed by atoms with E-state index in [1.807, 2.05) is 12.2 Å². The lowest BCUT2D eigenvalue weighted by atomic mass is 10.00. The minimum atomic E-state index is -4.62. The van der Waals surface area contributed by atoms with Crippen molar-refractivity contribution in [2.24, 2.45) is 0 Å². The summed E-state index contributed by atoms with van der Waals surface area (Å²) in [5.41, 5.74) is 0. The molecule has 1 aliphatic heterocycles. The van der Waals surface area contributed by atoms with E-state index in [9.17, 15) is 37.9 Å². The molecule has 0 aromatic heterocycles. The molecule has 62 heavy (non-hydrogen) atoms. The van der Waals surface area contributed by atoms with Crippen molar-refractivity contribution >= 4 is 22.1 Å². The van der Waals surface area contributed by atoms with Gasteiger partial charge in [-0.3, -0.25) is 14.1 Å². The molecule has 12 nitrogen and oxygen atoms in total. The number of aliphatic hydroxyl groups is 3. The zero-order chi connectivity index (χ0) is 45.5. The van der Waals surface area contributed by atoms with Crippen LogP contribution < -0.4 is 0 Å². The van der Waals surface area contributed by atoms with Crippen LogP contribution in [0.2, 0.25) is 0 Å². The fourth-order valence-corrected chi connectivity index (χ4v) is 6.77. The first-order valence-electron chi connectivity index (χ1n) is 22.8. The Morgan fingerprint density at radius 3 is 1.44 bits per heavy atom. The highest BCUT2D eigenvalue weighted by molar-refractivity contribution is 7.85. The first-order chi connectivity index (χ1) is 30.0. The summed E-state index contributed by atoms with van der Waals surface area (Å²) in [5.74, 6) is -2.15. The van der Waals surface area contributed by atoms with Crippen LogP contribution in [0.1, 0.15) is 142 Å². The summed E-state index contributed by atoms with van der Waals surface area (Å²) in [6.07, 6.45) is 41.8. The molecule has 2 unspecified atom stereocenters. The van der Waals surface area contributed by atoms with E-state index in [0.717, 1.165) is 64.2 Å². The maximum Gasteiger partial charge on any atom is 0.306 e. The van der Waals surface area contributed by atoms with Gasteiger partial charge in [0.05, 0.1) is 6.61 Å². The molecule has 0 aliphatic carbocycles. The standard InChI is InChI=1S/C49H78O12S/c1-3-5-7-9-11-13-15-17-19-20-21-22-24-25-27-29-31-33-35-37-44(50)58-39-42(40-59-49-48(54)47(53)46(52)43(61-49)41-62(55,56)57)60-45(51)38-36-34-32-30-28-26-23-18-16-14-12-10-8-6-4-2/h11-14,17-19,21-23,25,27-28,30-31,33,42-43,46-49,52-54H,3-10,15-16,20,24,26,29,32,34-41H2,1-2H3,(H,55,56,57)/b13-11+,14-12+,19-17+,22-21+,23-18+,27-25+,30-28+,33-31+/t42-,43-,46-,47?,48?,49+/m1/s1. The van der Waals surface area contributed by atoms with Gasteiger partial charge in [-0.1, -0.05) is 137 Å². The molecule has 6 atom stereocenters. The van der Waals surface area contributed by atoms with E-state index in [2.05, 4.69) is 98.9 Å². The normalized spacial score (nSPS) is 20.8. The minimum absolute atomic E-state index is 0.0813. The molecule has 0 bridgehead atoms. The number of aliphatic hydroxyl groups excluding tert-OH is 3. The molecule has 4 N–H and O–H groups in total.